The van der Waals surface area contributed by atoms with Crippen LogP contribution in [0.15, 0.2) is 53.3 Å². The number of Topliss-reactive ketones (excluding diaryl/α,β-unsaturated/α-hetero) is 2. The number of nitrogens with one attached hydrogen (secondary N) is 1. The largest absolute Gasteiger partial charge is 0.508 e. The van der Waals surface area contributed by atoms with Crippen LogP contribution in [0.2, 0.25) is 0 Å². The zero-order chi connectivity index (χ0) is 30.0. The standard InChI is InChI=1S/C31H35N3O7/c1-14(2)21-19-11-15-10-18-20(34(3)4)12-16(13-33-17-8-6-5-7-9-17)25(35)23(18)27(37)22(15)28(38)31(19,41)29(39)24(26(21)36)30(32)40/h5-9,12,14-15,19,21,33,35,37,39,41H,10-11,13H2,1-4H3,(H2,32,40)/t15-,19-,21-,31-/m0/s1. The summed E-state index contributed by atoms with van der Waals surface area (Å²) in [6, 6.07) is 11.2. The molecule has 0 saturated heterocycles. The fraction of sp³-hybridized carbons (Fsp3) is 0.387. The van der Waals surface area contributed by atoms with Gasteiger partial charge in [-0.3, -0.25) is 14.4 Å². The molecule has 10 nitrogen and oxygen atoms in total. The zero-order valence-electron chi connectivity index (χ0n) is 23.4. The Hall–Kier alpha value is -4.31. The van der Waals surface area contributed by atoms with Crippen LogP contribution < -0.4 is 16.0 Å². The number of aromatic hydroxyl groups is 1. The topological polar surface area (TPSA) is 173 Å². The lowest BCUT2D eigenvalue weighted by molar-refractivity contribution is -0.155. The second kappa shape index (κ2) is 9.95. The first-order valence-electron chi connectivity index (χ1n) is 13.6. The van der Waals surface area contributed by atoms with E-state index in [1.54, 1.807) is 13.8 Å². The maximum Gasteiger partial charge on any atom is 0.255 e. The van der Waals surface area contributed by atoms with Crippen LogP contribution in [0.4, 0.5) is 11.4 Å². The Kier molecular flexibility index (Phi) is 6.85. The molecule has 0 spiro atoms. The van der Waals surface area contributed by atoms with E-state index >= 15 is 0 Å². The fourth-order valence-corrected chi connectivity index (χ4v) is 6.87. The highest BCUT2D eigenvalue weighted by atomic mass is 16.3. The van der Waals surface area contributed by atoms with E-state index in [9.17, 15) is 34.8 Å². The van der Waals surface area contributed by atoms with E-state index in [0.29, 0.717) is 11.1 Å². The van der Waals surface area contributed by atoms with E-state index in [1.807, 2.05) is 55.4 Å². The Balaban J connectivity index is 1.68. The van der Waals surface area contributed by atoms with Crippen LogP contribution in [0.5, 0.6) is 5.75 Å². The third-order valence-electron chi connectivity index (χ3n) is 8.76. The number of amides is 1. The van der Waals surface area contributed by atoms with Crippen molar-refractivity contribution in [1.29, 1.82) is 0 Å². The number of rotatable bonds is 6. The van der Waals surface area contributed by atoms with Crippen molar-refractivity contribution in [1.82, 2.24) is 0 Å². The van der Waals surface area contributed by atoms with Gasteiger partial charge in [0.2, 0.25) is 5.78 Å². The molecule has 1 fully saturated rings. The fourth-order valence-electron chi connectivity index (χ4n) is 6.87. The monoisotopic (exact) mass is 561 g/mol. The average Bonchev–Trinajstić information content (AvgIpc) is 2.90. The van der Waals surface area contributed by atoms with Crippen LogP contribution in [-0.2, 0) is 27.3 Å². The van der Waals surface area contributed by atoms with E-state index < -0.39 is 57.9 Å². The normalized spacial score (nSPS) is 25.6. The number of carbonyl (C=O) groups is 3. The number of hydrogen-bond acceptors (Lipinski definition) is 9. The highest BCUT2D eigenvalue weighted by Gasteiger charge is 2.64. The number of hydrogen-bond donors (Lipinski definition) is 6. The van der Waals surface area contributed by atoms with Gasteiger partial charge in [0.15, 0.2) is 11.4 Å². The zero-order valence-corrected chi connectivity index (χ0v) is 23.4. The Morgan fingerprint density at radius 2 is 1.80 bits per heavy atom. The van der Waals surface area contributed by atoms with Crippen LogP contribution >= 0.6 is 0 Å². The minimum atomic E-state index is -2.63. The average molecular weight is 562 g/mol. The summed E-state index contributed by atoms with van der Waals surface area (Å²) in [5.41, 5.74) is 4.57. The second-order valence-electron chi connectivity index (χ2n) is 11.7. The lowest BCUT2D eigenvalue weighted by Crippen LogP contribution is -2.62. The van der Waals surface area contributed by atoms with Crippen molar-refractivity contribution in [2.75, 3.05) is 24.3 Å². The molecule has 2 aromatic rings. The maximum absolute atomic E-state index is 14.1. The van der Waals surface area contributed by atoms with E-state index in [1.165, 1.54) is 0 Å². The molecule has 0 heterocycles. The number of phenols is 1. The summed E-state index contributed by atoms with van der Waals surface area (Å²) in [5, 5.41) is 49.1. The Morgan fingerprint density at radius 3 is 2.39 bits per heavy atom. The van der Waals surface area contributed by atoms with Crippen LogP contribution in [-0.4, -0.2) is 57.6 Å². The number of ketones is 2. The number of para-hydroxylation sites is 1. The van der Waals surface area contributed by atoms with Crippen molar-refractivity contribution in [3.8, 4) is 5.75 Å². The number of aliphatic hydroxyl groups excluding tert-OH is 2. The summed E-state index contributed by atoms with van der Waals surface area (Å²) < 4.78 is 0. The van der Waals surface area contributed by atoms with Crippen molar-refractivity contribution >= 4 is 34.6 Å². The molecule has 0 radical (unpaired) electrons. The molecule has 41 heavy (non-hydrogen) atoms. The van der Waals surface area contributed by atoms with Crippen LogP contribution in [0.25, 0.3) is 5.76 Å². The highest BCUT2D eigenvalue weighted by Crippen LogP contribution is 2.55. The summed E-state index contributed by atoms with van der Waals surface area (Å²) in [4.78, 5) is 41.4. The van der Waals surface area contributed by atoms with Crippen molar-refractivity contribution < 1.29 is 34.8 Å². The van der Waals surface area contributed by atoms with Crippen LogP contribution in [0.3, 0.4) is 0 Å². The molecule has 5 rings (SSSR count). The number of anilines is 2. The van der Waals surface area contributed by atoms with Gasteiger partial charge < -0.3 is 36.4 Å². The van der Waals surface area contributed by atoms with E-state index in [2.05, 4.69) is 5.32 Å². The lowest BCUT2D eigenvalue weighted by atomic mass is 9.54. The van der Waals surface area contributed by atoms with Crippen molar-refractivity contribution in [3.05, 3.63) is 70.0 Å². The number of phenolic OH excluding ortho intramolecular Hbond substituents is 1. The number of benzene rings is 2. The lowest BCUT2D eigenvalue weighted by Gasteiger charge is -2.50. The molecule has 0 bridgehead atoms. The molecule has 2 aromatic carbocycles. The molecular weight excluding hydrogens is 526 g/mol. The van der Waals surface area contributed by atoms with E-state index in [-0.39, 0.29) is 42.2 Å². The third kappa shape index (κ3) is 4.16. The molecule has 3 aliphatic carbocycles. The van der Waals surface area contributed by atoms with Gasteiger partial charge in [-0.1, -0.05) is 32.0 Å². The van der Waals surface area contributed by atoms with Crippen molar-refractivity contribution in [3.63, 3.8) is 0 Å². The molecule has 216 valence electrons. The maximum atomic E-state index is 14.1. The SMILES string of the molecule is CC(C)[C@@H]1C(=O)C(C(N)=O)=C(O)[C@@]2(O)C(=O)C3=C(O)c4c(O)c(CNc5ccccc5)cc(N(C)C)c4C[C@H]3C[C@@H]12. The van der Waals surface area contributed by atoms with Crippen molar-refractivity contribution in [2.24, 2.45) is 29.4 Å². The molecule has 0 aromatic heterocycles. The predicted octanol–water partition coefficient (Wildman–Crippen LogP) is 2.98. The van der Waals surface area contributed by atoms with Gasteiger partial charge in [-0.05, 0) is 48.4 Å². The molecule has 4 atom stereocenters. The van der Waals surface area contributed by atoms with Crippen LogP contribution in [0.1, 0.15) is 37.0 Å². The number of aliphatic hydroxyl groups is 3. The molecule has 7 N–H and O–H groups in total. The quantitative estimate of drug-likeness (QED) is 0.290. The molecule has 1 saturated carbocycles. The summed E-state index contributed by atoms with van der Waals surface area (Å²) in [6.07, 6.45) is 0.323. The Labute approximate surface area is 237 Å². The number of nitrogens with two attached hydrogens (primary N) is 1. The summed E-state index contributed by atoms with van der Waals surface area (Å²) in [5.74, 6) is -7.73. The number of fused-ring (bicyclic) bond motifs is 3. The van der Waals surface area contributed by atoms with Gasteiger partial charge in [0.05, 0.1) is 5.56 Å². The molecule has 1 amide bonds. The first-order chi connectivity index (χ1) is 19.3. The summed E-state index contributed by atoms with van der Waals surface area (Å²) in [7, 11) is 3.68. The molecule has 10 heteroatoms. The molecule has 0 aliphatic heterocycles. The van der Waals surface area contributed by atoms with E-state index in [0.717, 1.165) is 11.4 Å². The van der Waals surface area contributed by atoms with Crippen molar-refractivity contribution in [2.45, 2.75) is 38.8 Å². The highest BCUT2D eigenvalue weighted by molar-refractivity contribution is 6.23. The van der Waals surface area contributed by atoms with Gasteiger partial charge in [0.1, 0.15) is 22.8 Å². The van der Waals surface area contributed by atoms with Crippen LogP contribution in [0, 0.1) is 23.7 Å². The first-order valence-corrected chi connectivity index (χ1v) is 13.6. The predicted molar refractivity (Wildman–Crippen MR) is 153 cm³/mol. The molecule has 0 unspecified atom stereocenters. The number of nitrogens with zero attached hydrogens (tertiary/aromatic N) is 1. The molecule has 3 aliphatic rings. The van der Waals surface area contributed by atoms with Gasteiger partial charge >= 0.3 is 0 Å². The van der Waals surface area contributed by atoms with Gasteiger partial charge in [0.25, 0.3) is 5.91 Å². The Morgan fingerprint density at radius 1 is 1.15 bits per heavy atom. The Bertz CT molecular complexity index is 1530. The summed E-state index contributed by atoms with van der Waals surface area (Å²) >= 11 is 0. The summed E-state index contributed by atoms with van der Waals surface area (Å²) in [6.45, 7) is 3.70. The first kappa shape index (κ1) is 28.2. The smallest absolute Gasteiger partial charge is 0.255 e. The molecular formula is C31H35N3O7. The minimum Gasteiger partial charge on any atom is -0.508 e. The minimum absolute atomic E-state index is 0.0774. The number of primary amides is 1. The number of carbonyl (C=O) groups excluding carboxylic acids is 3. The van der Waals surface area contributed by atoms with Gasteiger partial charge in [-0.15, -0.1) is 0 Å². The van der Waals surface area contributed by atoms with Gasteiger partial charge in [-0.2, -0.15) is 0 Å². The van der Waals surface area contributed by atoms with E-state index in [4.69, 9.17) is 5.73 Å². The second-order valence-corrected chi connectivity index (χ2v) is 11.7. The van der Waals surface area contributed by atoms with Gasteiger partial charge in [0, 0.05) is 55.0 Å². The third-order valence-corrected chi connectivity index (χ3v) is 8.76. The van der Waals surface area contributed by atoms with Gasteiger partial charge in [-0.25, -0.2) is 0 Å².